The lowest BCUT2D eigenvalue weighted by molar-refractivity contribution is 0.332. The van der Waals surface area contributed by atoms with Gasteiger partial charge in [0.15, 0.2) is 5.58 Å². The lowest BCUT2D eigenvalue weighted by Gasteiger charge is -2.45. The van der Waals surface area contributed by atoms with Gasteiger partial charge in [0.05, 0.1) is 11.4 Å². The summed E-state index contributed by atoms with van der Waals surface area (Å²) < 4.78 is 15.0. The Morgan fingerprint density at radius 1 is 0.492 bits per heavy atom. The number of fused-ring (bicyclic) bond motifs is 13. The number of benzene rings is 7. The van der Waals surface area contributed by atoms with E-state index in [-0.39, 0.29) is 28.5 Å². The summed E-state index contributed by atoms with van der Waals surface area (Å²) in [6.07, 6.45) is 4.58. The van der Waals surface area contributed by atoms with E-state index in [1.54, 1.807) is 0 Å². The smallest absolute Gasteiger partial charge is 0.376 e. The lowest BCUT2D eigenvalue weighted by Crippen LogP contribution is -2.61. The highest BCUT2D eigenvalue weighted by atomic mass is 16.3. The molecule has 9 aromatic rings. The van der Waals surface area contributed by atoms with Crippen LogP contribution in [0.25, 0.3) is 54.8 Å². The molecule has 0 saturated carbocycles. The van der Waals surface area contributed by atoms with Gasteiger partial charge in [-0.3, -0.25) is 0 Å². The first kappa shape index (κ1) is 39.2. The van der Waals surface area contributed by atoms with Crippen molar-refractivity contribution in [3.05, 3.63) is 149 Å². The molecule has 65 heavy (non-hydrogen) atoms. The second-order valence-electron chi connectivity index (χ2n) is 22.8. The summed E-state index contributed by atoms with van der Waals surface area (Å²) in [5.41, 5.74) is 21.5. The Morgan fingerprint density at radius 2 is 1.09 bits per heavy atom. The van der Waals surface area contributed by atoms with Gasteiger partial charge in [-0.15, -0.1) is 0 Å². The van der Waals surface area contributed by atoms with Crippen LogP contribution < -0.4 is 20.8 Å². The van der Waals surface area contributed by atoms with Crippen molar-refractivity contribution in [2.24, 2.45) is 0 Å². The van der Waals surface area contributed by atoms with E-state index in [0.29, 0.717) is 0 Å². The van der Waals surface area contributed by atoms with E-state index in [2.05, 4.69) is 194 Å². The van der Waals surface area contributed by atoms with Crippen LogP contribution in [-0.2, 0) is 21.7 Å². The molecule has 0 N–H and O–H groups in total. The molecule has 0 saturated heterocycles. The molecule has 0 radical (unpaired) electrons. The van der Waals surface area contributed by atoms with Gasteiger partial charge in [0.25, 0.3) is 0 Å². The predicted octanol–water partition coefficient (Wildman–Crippen LogP) is 15.5. The molecule has 0 bridgehead atoms. The van der Waals surface area contributed by atoms with Crippen LogP contribution in [0.2, 0.25) is 0 Å². The number of aryl methyl sites for hydroxylation is 2. The van der Waals surface area contributed by atoms with Gasteiger partial charge in [-0.25, -0.2) is 0 Å². The third-order valence-electron chi connectivity index (χ3n) is 16.7. The summed E-state index contributed by atoms with van der Waals surface area (Å²) in [5, 5.41) is 5.87. The molecule has 4 heterocycles. The van der Waals surface area contributed by atoms with E-state index >= 15 is 0 Å². The number of rotatable bonds is 2. The normalized spacial score (nSPS) is 18.5. The van der Waals surface area contributed by atoms with Crippen molar-refractivity contribution < 1.29 is 8.83 Å². The Labute approximate surface area is 383 Å². The minimum absolute atomic E-state index is 0.00857. The third-order valence-corrected chi connectivity index (χ3v) is 16.7. The van der Waals surface area contributed by atoms with Crippen molar-refractivity contribution in [3.8, 4) is 11.1 Å². The minimum Gasteiger partial charge on any atom is -0.466 e. The van der Waals surface area contributed by atoms with E-state index in [1.807, 2.05) is 0 Å². The highest BCUT2D eigenvalue weighted by Gasteiger charge is 2.51. The fraction of sp³-hybridized carbons (Fsp3) is 0.300. The maximum atomic E-state index is 7.68. The van der Waals surface area contributed by atoms with Crippen molar-refractivity contribution in [1.82, 2.24) is 0 Å². The maximum Gasteiger partial charge on any atom is 0.376 e. The molecule has 0 unspecified atom stereocenters. The van der Waals surface area contributed by atoms with Gasteiger partial charge < -0.3 is 18.5 Å². The number of hydrogen-bond donors (Lipinski definition) is 0. The Hall–Kier alpha value is -6.20. The second-order valence-corrected chi connectivity index (χ2v) is 22.8. The first-order valence-electron chi connectivity index (χ1n) is 24.0. The van der Waals surface area contributed by atoms with Crippen LogP contribution in [-0.4, -0.2) is 6.85 Å². The lowest BCUT2D eigenvalue weighted by atomic mass is 9.45. The fourth-order valence-corrected chi connectivity index (χ4v) is 12.6. The number of nitrogens with zero attached hydrogens (tertiary/aromatic N) is 2. The molecule has 0 atom stereocenters. The van der Waals surface area contributed by atoms with Crippen LogP contribution in [0, 0.1) is 13.8 Å². The summed E-state index contributed by atoms with van der Waals surface area (Å²) >= 11 is 0. The molecule has 2 aliphatic heterocycles. The van der Waals surface area contributed by atoms with Crippen LogP contribution in [0.3, 0.4) is 0 Å². The van der Waals surface area contributed by atoms with Crippen LogP contribution in [0.4, 0.5) is 28.4 Å². The highest BCUT2D eigenvalue weighted by molar-refractivity contribution is 6.93. The largest absolute Gasteiger partial charge is 0.466 e. The SMILES string of the molecule is Cc1ccc(N2B3c4oc5cc6c(cc5c4N(c4cc5c(cc4C)C(C)(C)CCC5(C)C)c4c3c(cc3c4oc4ccccc43)-c3cc4ccccc4cc32)C(C)(C)CCC6(C)C)cc1. The number of furan rings is 2. The van der Waals surface area contributed by atoms with Gasteiger partial charge in [-0.05, 0) is 165 Å². The summed E-state index contributed by atoms with van der Waals surface area (Å²) in [7, 11) is 0. The number of para-hydroxylation sites is 1. The molecule has 13 rings (SSSR count). The van der Waals surface area contributed by atoms with Crippen LogP contribution in [0.15, 0.2) is 124 Å². The Kier molecular flexibility index (Phi) is 7.71. The molecular weight excluding hydrogens is 791 g/mol. The van der Waals surface area contributed by atoms with E-state index in [0.717, 1.165) is 74.9 Å². The fourth-order valence-electron chi connectivity index (χ4n) is 12.6. The van der Waals surface area contributed by atoms with Gasteiger partial charge >= 0.3 is 6.85 Å². The van der Waals surface area contributed by atoms with Crippen LogP contribution in [0.1, 0.15) is 114 Å². The van der Waals surface area contributed by atoms with Gasteiger partial charge in [0.1, 0.15) is 16.8 Å². The standard InChI is InChI=1S/C60H57BN2O2/c1-34-19-21-38(22-20-34)63-49-29-37-16-12-11-15-36(37)28-40(49)41-30-42-39-17-13-14-18-50(39)64-55(42)54-52(41)61(63)56-53(43-31-45-47(33-51(43)65-56)60(9,10)26-24-58(45,5)6)62(54)48-32-46-44(27-35(48)2)57(3,4)23-25-59(46,7)8/h11-22,27-33H,23-26H2,1-10H3. The van der Waals surface area contributed by atoms with Crippen molar-refractivity contribution in [2.75, 3.05) is 9.71 Å². The third kappa shape index (κ3) is 5.33. The Bertz CT molecular complexity index is 3540. The average molecular weight is 849 g/mol. The zero-order chi connectivity index (χ0) is 44.7. The predicted molar refractivity (Wildman–Crippen MR) is 275 cm³/mol. The highest BCUT2D eigenvalue weighted by Crippen LogP contribution is 2.56. The van der Waals surface area contributed by atoms with Crippen molar-refractivity contribution in [1.29, 1.82) is 0 Å². The molecule has 322 valence electrons. The molecular formula is C60H57BN2O2. The molecule has 4 nitrogen and oxygen atoms in total. The van der Waals surface area contributed by atoms with Crippen molar-refractivity contribution in [3.63, 3.8) is 0 Å². The topological polar surface area (TPSA) is 32.8 Å². The second kappa shape index (κ2) is 12.8. The number of hydrogen-bond acceptors (Lipinski definition) is 4. The minimum atomic E-state index is -0.293. The average Bonchev–Trinajstić information content (AvgIpc) is 3.85. The molecule has 0 spiro atoms. The van der Waals surface area contributed by atoms with E-state index in [9.17, 15) is 0 Å². The molecule has 0 fully saturated rings. The summed E-state index contributed by atoms with van der Waals surface area (Å²) in [6, 6.07) is 43.9. The van der Waals surface area contributed by atoms with Gasteiger partial charge in [0, 0.05) is 38.8 Å². The summed E-state index contributed by atoms with van der Waals surface area (Å²) in [4.78, 5) is 5.19. The van der Waals surface area contributed by atoms with E-state index in [1.165, 1.54) is 78.5 Å². The summed E-state index contributed by atoms with van der Waals surface area (Å²) in [6.45, 7) is 23.7. The van der Waals surface area contributed by atoms with Crippen LogP contribution in [0.5, 0.6) is 0 Å². The van der Waals surface area contributed by atoms with Gasteiger partial charge in [-0.2, -0.15) is 0 Å². The Balaban J connectivity index is 1.24. The van der Waals surface area contributed by atoms with Crippen molar-refractivity contribution >= 4 is 90.1 Å². The molecule has 7 aromatic carbocycles. The monoisotopic (exact) mass is 848 g/mol. The molecule has 2 aromatic heterocycles. The molecule has 0 amide bonds. The van der Waals surface area contributed by atoms with Gasteiger partial charge in [0.2, 0.25) is 0 Å². The van der Waals surface area contributed by atoms with Crippen LogP contribution >= 0.6 is 0 Å². The zero-order valence-corrected chi connectivity index (χ0v) is 39.6. The van der Waals surface area contributed by atoms with Gasteiger partial charge in [-0.1, -0.05) is 122 Å². The first-order valence-corrected chi connectivity index (χ1v) is 24.0. The quantitative estimate of drug-likeness (QED) is 0.162. The summed E-state index contributed by atoms with van der Waals surface area (Å²) in [5.74, 6) is 0. The maximum absolute atomic E-state index is 7.68. The first-order chi connectivity index (χ1) is 31.0. The Morgan fingerprint density at radius 3 is 1.78 bits per heavy atom. The number of anilines is 5. The van der Waals surface area contributed by atoms with E-state index in [4.69, 9.17) is 8.83 Å². The van der Waals surface area contributed by atoms with Crippen molar-refractivity contribution in [2.45, 2.75) is 117 Å². The zero-order valence-electron chi connectivity index (χ0n) is 39.6. The van der Waals surface area contributed by atoms with E-state index < -0.39 is 0 Å². The molecule has 2 aliphatic carbocycles. The molecule has 5 heteroatoms. The molecule has 4 aliphatic rings.